The van der Waals surface area contributed by atoms with Crippen molar-refractivity contribution >= 4 is 11.8 Å². The predicted molar refractivity (Wildman–Crippen MR) is 55.5 cm³/mol. The highest BCUT2D eigenvalue weighted by Crippen LogP contribution is 2.12. The van der Waals surface area contributed by atoms with Gasteiger partial charge in [0.2, 0.25) is 0 Å². The lowest BCUT2D eigenvalue weighted by atomic mass is 10.6. The van der Waals surface area contributed by atoms with Crippen molar-refractivity contribution in [3.63, 3.8) is 0 Å². The minimum absolute atomic E-state index is 0.350. The van der Waals surface area contributed by atoms with Gasteiger partial charge in [-0.15, -0.1) is 0 Å². The maximum atomic E-state index is 8.44. The first-order chi connectivity index (χ1) is 7.40. The maximum Gasteiger partial charge on any atom is 0.190 e. The van der Waals surface area contributed by atoms with Gasteiger partial charge in [0, 0.05) is 24.7 Å². The second-order valence-electron chi connectivity index (χ2n) is 2.59. The van der Waals surface area contributed by atoms with Gasteiger partial charge in [-0.2, -0.15) is 10.4 Å². The monoisotopic (exact) mass is 217 g/mol. The van der Waals surface area contributed by atoms with Gasteiger partial charge in [0.25, 0.3) is 0 Å². The summed E-state index contributed by atoms with van der Waals surface area (Å²) in [7, 11) is 0. The molecule has 6 heteroatoms. The molecular formula is C9H7N5S. The van der Waals surface area contributed by atoms with Crippen LogP contribution in [0.2, 0.25) is 0 Å². The summed E-state index contributed by atoms with van der Waals surface area (Å²) in [6.45, 7) is 0. The quantitative estimate of drug-likeness (QED) is 0.572. The Hall–Kier alpha value is -1.87. The van der Waals surface area contributed by atoms with Crippen molar-refractivity contribution in [1.29, 1.82) is 5.26 Å². The van der Waals surface area contributed by atoms with E-state index in [1.165, 1.54) is 11.8 Å². The average molecular weight is 217 g/mol. The van der Waals surface area contributed by atoms with Gasteiger partial charge in [-0.05, 0) is 6.07 Å². The molecule has 0 radical (unpaired) electrons. The molecule has 0 unspecified atom stereocenters. The van der Waals surface area contributed by atoms with E-state index in [2.05, 4.69) is 15.1 Å². The molecule has 5 nitrogen and oxygen atoms in total. The zero-order valence-electron chi connectivity index (χ0n) is 7.74. The van der Waals surface area contributed by atoms with E-state index in [0.29, 0.717) is 16.7 Å². The number of nitrogens with zero attached hydrogens (tertiary/aromatic N) is 5. The first-order valence-corrected chi connectivity index (χ1v) is 5.21. The summed E-state index contributed by atoms with van der Waals surface area (Å²) < 4.78 is 1.65. The van der Waals surface area contributed by atoms with Crippen LogP contribution >= 0.6 is 11.8 Å². The third-order valence-corrected chi connectivity index (χ3v) is 2.35. The molecule has 0 spiro atoms. The molecule has 0 N–H and O–H groups in total. The summed E-state index contributed by atoms with van der Waals surface area (Å²) >= 11 is 1.31. The number of rotatable bonds is 3. The Morgan fingerprint density at radius 2 is 2.40 bits per heavy atom. The fourth-order valence-electron chi connectivity index (χ4n) is 1.03. The van der Waals surface area contributed by atoms with Crippen molar-refractivity contribution in [3.05, 3.63) is 30.7 Å². The maximum absolute atomic E-state index is 8.44. The molecule has 0 fully saturated rings. The van der Waals surface area contributed by atoms with Gasteiger partial charge in [-0.1, -0.05) is 11.8 Å². The summed E-state index contributed by atoms with van der Waals surface area (Å²) in [5.41, 5.74) is 0. The molecule has 0 saturated heterocycles. The van der Waals surface area contributed by atoms with Crippen LogP contribution in [0.1, 0.15) is 0 Å². The Balaban J connectivity index is 2.24. The minimum atomic E-state index is 0.350. The lowest BCUT2D eigenvalue weighted by Crippen LogP contribution is -1.99. The molecule has 0 aliphatic rings. The molecule has 2 heterocycles. The van der Waals surface area contributed by atoms with Gasteiger partial charge >= 0.3 is 0 Å². The van der Waals surface area contributed by atoms with Crippen LogP contribution in [0.25, 0.3) is 5.82 Å². The zero-order chi connectivity index (χ0) is 10.5. The van der Waals surface area contributed by atoms with E-state index in [1.807, 2.05) is 12.1 Å². The summed E-state index contributed by atoms with van der Waals surface area (Å²) in [5.74, 6) is 1.05. The van der Waals surface area contributed by atoms with Crippen LogP contribution < -0.4 is 0 Å². The van der Waals surface area contributed by atoms with Gasteiger partial charge < -0.3 is 0 Å². The van der Waals surface area contributed by atoms with Crippen molar-refractivity contribution in [2.45, 2.75) is 5.16 Å². The Morgan fingerprint density at radius 1 is 1.47 bits per heavy atom. The Kier molecular flexibility index (Phi) is 2.95. The molecule has 0 aromatic carbocycles. The second kappa shape index (κ2) is 4.57. The minimum Gasteiger partial charge on any atom is -0.231 e. The highest BCUT2D eigenvalue weighted by Gasteiger charge is 2.01. The molecule has 0 saturated carbocycles. The first-order valence-electron chi connectivity index (χ1n) is 4.23. The molecule has 15 heavy (non-hydrogen) atoms. The van der Waals surface area contributed by atoms with Crippen molar-refractivity contribution in [2.75, 3.05) is 5.75 Å². The van der Waals surface area contributed by atoms with E-state index >= 15 is 0 Å². The van der Waals surface area contributed by atoms with Crippen molar-refractivity contribution in [2.24, 2.45) is 0 Å². The van der Waals surface area contributed by atoms with Gasteiger partial charge in [0.1, 0.15) is 0 Å². The normalized spacial score (nSPS) is 9.80. The Labute approximate surface area is 90.8 Å². The largest absolute Gasteiger partial charge is 0.231 e. The zero-order valence-corrected chi connectivity index (χ0v) is 8.55. The molecule has 0 amide bonds. The van der Waals surface area contributed by atoms with E-state index in [0.717, 1.165) is 0 Å². The van der Waals surface area contributed by atoms with Crippen molar-refractivity contribution in [1.82, 2.24) is 19.7 Å². The fraction of sp³-hybridized carbons (Fsp3) is 0.111. The molecule has 2 aromatic heterocycles. The SMILES string of the molecule is N#CCSc1nccc(-n2cccn2)n1. The van der Waals surface area contributed by atoms with Crippen LogP contribution in [0.4, 0.5) is 0 Å². The third kappa shape index (κ3) is 2.33. The number of hydrogen-bond donors (Lipinski definition) is 0. The summed E-state index contributed by atoms with van der Waals surface area (Å²) in [6.07, 6.45) is 5.15. The van der Waals surface area contributed by atoms with Crippen LogP contribution in [0.3, 0.4) is 0 Å². The summed E-state index contributed by atoms with van der Waals surface area (Å²) in [6, 6.07) is 5.62. The van der Waals surface area contributed by atoms with E-state index in [-0.39, 0.29) is 0 Å². The molecule has 0 aliphatic heterocycles. The molecule has 0 aliphatic carbocycles. The highest BCUT2D eigenvalue weighted by atomic mass is 32.2. The van der Waals surface area contributed by atoms with Crippen LogP contribution in [0, 0.1) is 11.3 Å². The lowest BCUT2D eigenvalue weighted by molar-refractivity contribution is 0.807. The third-order valence-electron chi connectivity index (χ3n) is 1.62. The van der Waals surface area contributed by atoms with Crippen molar-refractivity contribution < 1.29 is 0 Å². The van der Waals surface area contributed by atoms with Crippen LogP contribution in [0.5, 0.6) is 0 Å². The van der Waals surface area contributed by atoms with Crippen molar-refractivity contribution in [3.8, 4) is 11.9 Å². The lowest BCUT2D eigenvalue weighted by Gasteiger charge is -2.00. The summed E-state index contributed by atoms with van der Waals surface area (Å²) in [4.78, 5) is 8.30. The van der Waals surface area contributed by atoms with E-state index in [1.54, 1.807) is 29.3 Å². The fourth-order valence-corrected chi connectivity index (χ4v) is 1.52. The van der Waals surface area contributed by atoms with Gasteiger partial charge in [-0.25, -0.2) is 14.6 Å². The molecule has 74 valence electrons. The van der Waals surface area contributed by atoms with Gasteiger partial charge in [0.05, 0.1) is 11.8 Å². The second-order valence-corrected chi connectivity index (χ2v) is 3.54. The molecule has 2 rings (SSSR count). The first kappa shape index (κ1) is 9.68. The Bertz CT molecular complexity index is 473. The smallest absolute Gasteiger partial charge is 0.190 e. The number of thioether (sulfide) groups is 1. The number of aromatic nitrogens is 4. The van der Waals surface area contributed by atoms with Gasteiger partial charge in [0.15, 0.2) is 11.0 Å². The predicted octanol–water partition coefficient (Wildman–Crippen LogP) is 1.28. The topological polar surface area (TPSA) is 67.4 Å². The van der Waals surface area contributed by atoms with E-state index in [4.69, 9.17) is 5.26 Å². The average Bonchev–Trinajstić information content (AvgIpc) is 2.80. The highest BCUT2D eigenvalue weighted by molar-refractivity contribution is 7.99. The Morgan fingerprint density at radius 3 is 3.13 bits per heavy atom. The van der Waals surface area contributed by atoms with Crippen LogP contribution in [0.15, 0.2) is 35.9 Å². The van der Waals surface area contributed by atoms with E-state index < -0.39 is 0 Å². The van der Waals surface area contributed by atoms with E-state index in [9.17, 15) is 0 Å². The number of nitriles is 1. The molecule has 2 aromatic rings. The summed E-state index contributed by atoms with van der Waals surface area (Å²) in [5, 5.41) is 13.1. The van der Waals surface area contributed by atoms with Crippen LogP contribution in [-0.2, 0) is 0 Å². The number of hydrogen-bond acceptors (Lipinski definition) is 5. The molecular weight excluding hydrogens is 210 g/mol. The molecule has 0 atom stereocenters. The van der Waals surface area contributed by atoms with Crippen LogP contribution in [-0.4, -0.2) is 25.5 Å². The van der Waals surface area contributed by atoms with Gasteiger partial charge in [-0.3, -0.25) is 0 Å². The molecule has 0 bridgehead atoms. The standard InChI is InChI=1S/C9H7N5S/c10-3-7-15-9-11-5-2-8(13-9)14-6-1-4-12-14/h1-2,4-6H,7H2.